The minimum absolute atomic E-state index is 0.120. The first kappa shape index (κ1) is 24.6. The number of primary amides is 1. The van der Waals surface area contributed by atoms with E-state index < -0.39 is 35.7 Å². The molecule has 0 unspecified atom stereocenters. The molecule has 0 aromatic heterocycles. The number of amides is 2. The summed E-state index contributed by atoms with van der Waals surface area (Å²) in [4.78, 5) is 36.8. The SMILES string of the molecule is CC#CCSC[C@H](C(=O)O)[C@@H](CC(C)C)C(=O)N[C@@H](Cc1ccccc1)C(N)=O. The molecule has 1 rings (SSSR count). The van der Waals surface area contributed by atoms with Gasteiger partial charge in [-0.2, -0.15) is 0 Å². The highest BCUT2D eigenvalue weighted by molar-refractivity contribution is 7.99. The van der Waals surface area contributed by atoms with Crippen molar-refractivity contribution in [3.63, 3.8) is 0 Å². The number of carboxylic acids is 1. The predicted molar refractivity (Wildman–Crippen MR) is 116 cm³/mol. The molecule has 0 aliphatic rings. The third kappa shape index (κ3) is 9.05. The molecule has 0 bridgehead atoms. The van der Waals surface area contributed by atoms with Crippen LogP contribution in [-0.2, 0) is 20.8 Å². The minimum Gasteiger partial charge on any atom is -0.481 e. The second kappa shape index (κ2) is 12.9. The van der Waals surface area contributed by atoms with Crippen LogP contribution in [0.3, 0.4) is 0 Å². The summed E-state index contributed by atoms with van der Waals surface area (Å²) < 4.78 is 0. The Morgan fingerprint density at radius 2 is 1.83 bits per heavy atom. The van der Waals surface area contributed by atoms with E-state index in [2.05, 4.69) is 17.2 Å². The maximum Gasteiger partial charge on any atom is 0.308 e. The van der Waals surface area contributed by atoms with Gasteiger partial charge in [0.25, 0.3) is 0 Å². The molecule has 7 heteroatoms. The van der Waals surface area contributed by atoms with Crippen molar-refractivity contribution in [3.05, 3.63) is 35.9 Å². The lowest BCUT2D eigenvalue weighted by molar-refractivity contribution is -0.147. The zero-order valence-corrected chi connectivity index (χ0v) is 18.0. The summed E-state index contributed by atoms with van der Waals surface area (Å²) in [6.45, 7) is 5.59. The fraction of sp³-hybridized carbons (Fsp3) is 0.500. The standard InChI is InChI=1S/C22H30N2O4S/c1-4-5-11-29-14-18(22(27)28)17(12-15(2)3)21(26)24-19(20(23)25)13-16-9-7-6-8-10-16/h6-10,15,17-19H,11-14H2,1-3H3,(H2,23,25)(H,24,26)(H,27,28)/t17-,18+,19+/m1/s1. The highest BCUT2D eigenvalue weighted by atomic mass is 32.2. The lowest BCUT2D eigenvalue weighted by Crippen LogP contribution is -2.50. The number of nitrogens with one attached hydrogen (secondary N) is 1. The molecule has 4 N–H and O–H groups in total. The number of carbonyl (C=O) groups is 3. The summed E-state index contributed by atoms with van der Waals surface area (Å²) in [5.74, 6) is 2.80. The van der Waals surface area contributed by atoms with Gasteiger partial charge in [0, 0.05) is 12.2 Å². The number of benzene rings is 1. The average Bonchev–Trinajstić information content (AvgIpc) is 2.66. The lowest BCUT2D eigenvalue weighted by atomic mass is 9.85. The minimum atomic E-state index is -1.03. The molecule has 0 aliphatic carbocycles. The van der Waals surface area contributed by atoms with Gasteiger partial charge in [-0.15, -0.1) is 17.7 Å². The molecule has 3 atom stereocenters. The Kier molecular flexibility index (Phi) is 10.9. The molecule has 0 saturated heterocycles. The first-order chi connectivity index (χ1) is 13.8. The second-order valence-electron chi connectivity index (χ2n) is 7.28. The van der Waals surface area contributed by atoms with Crippen LogP contribution in [0, 0.1) is 29.6 Å². The maximum absolute atomic E-state index is 13.0. The van der Waals surface area contributed by atoms with E-state index >= 15 is 0 Å². The number of thioether (sulfide) groups is 1. The van der Waals surface area contributed by atoms with Crippen LogP contribution in [0.4, 0.5) is 0 Å². The number of nitrogens with two attached hydrogens (primary N) is 1. The topological polar surface area (TPSA) is 109 Å². The van der Waals surface area contributed by atoms with Gasteiger partial charge in [0.05, 0.1) is 17.6 Å². The van der Waals surface area contributed by atoms with E-state index in [-0.39, 0.29) is 18.1 Å². The van der Waals surface area contributed by atoms with E-state index in [1.54, 1.807) is 6.92 Å². The van der Waals surface area contributed by atoms with Crippen LogP contribution in [0.1, 0.15) is 32.8 Å². The fourth-order valence-electron chi connectivity index (χ4n) is 2.98. The van der Waals surface area contributed by atoms with Gasteiger partial charge in [0.1, 0.15) is 6.04 Å². The van der Waals surface area contributed by atoms with Crippen LogP contribution < -0.4 is 11.1 Å². The van der Waals surface area contributed by atoms with Gasteiger partial charge in [-0.1, -0.05) is 50.1 Å². The van der Waals surface area contributed by atoms with Gasteiger partial charge in [-0.05, 0) is 24.8 Å². The smallest absolute Gasteiger partial charge is 0.308 e. The van der Waals surface area contributed by atoms with Crippen molar-refractivity contribution in [2.75, 3.05) is 11.5 Å². The third-order valence-electron chi connectivity index (χ3n) is 4.46. The molecule has 0 fully saturated rings. The predicted octanol–water partition coefficient (Wildman–Crippen LogP) is 2.32. The molecular weight excluding hydrogens is 388 g/mol. The highest BCUT2D eigenvalue weighted by Gasteiger charge is 2.35. The zero-order valence-electron chi connectivity index (χ0n) is 17.2. The summed E-state index contributed by atoms with van der Waals surface area (Å²) >= 11 is 1.39. The number of carbonyl (C=O) groups excluding carboxylic acids is 2. The van der Waals surface area contributed by atoms with Gasteiger partial charge in [0.15, 0.2) is 0 Å². The van der Waals surface area contributed by atoms with E-state index in [4.69, 9.17) is 5.73 Å². The van der Waals surface area contributed by atoms with Crippen molar-refractivity contribution in [1.82, 2.24) is 5.32 Å². The Morgan fingerprint density at radius 1 is 1.17 bits per heavy atom. The summed E-state index contributed by atoms with van der Waals surface area (Å²) in [7, 11) is 0. The van der Waals surface area contributed by atoms with Crippen LogP contribution in [0.15, 0.2) is 30.3 Å². The Labute approximate surface area is 177 Å². The molecule has 0 radical (unpaired) electrons. The normalized spacial score (nSPS) is 13.7. The largest absolute Gasteiger partial charge is 0.481 e. The van der Waals surface area contributed by atoms with Crippen LogP contribution in [0.25, 0.3) is 0 Å². The summed E-state index contributed by atoms with van der Waals surface area (Å²) in [5, 5.41) is 12.4. The molecule has 1 aromatic carbocycles. The Hall–Kier alpha value is -2.46. The second-order valence-corrected chi connectivity index (χ2v) is 8.31. The van der Waals surface area contributed by atoms with Crippen molar-refractivity contribution in [2.24, 2.45) is 23.5 Å². The van der Waals surface area contributed by atoms with Gasteiger partial charge >= 0.3 is 5.97 Å². The van der Waals surface area contributed by atoms with E-state index in [1.165, 1.54) is 11.8 Å². The molecule has 29 heavy (non-hydrogen) atoms. The van der Waals surface area contributed by atoms with Crippen molar-refractivity contribution >= 4 is 29.5 Å². The van der Waals surface area contributed by atoms with Crippen molar-refractivity contribution in [1.29, 1.82) is 0 Å². The molecule has 2 amide bonds. The van der Waals surface area contributed by atoms with Gasteiger partial charge in [-0.25, -0.2) is 0 Å². The van der Waals surface area contributed by atoms with Gasteiger partial charge in [0.2, 0.25) is 11.8 Å². The quantitative estimate of drug-likeness (QED) is 0.356. The Balaban J connectivity index is 2.96. The number of aliphatic carboxylic acids is 1. The molecule has 0 aliphatic heterocycles. The molecule has 1 aromatic rings. The highest BCUT2D eigenvalue weighted by Crippen LogP contribution is 2.25. The molecule has 0 saturated carbocycles. The fourth-order valence-corrected chi connectivity index (χ4v) is 3.97. The van der Waals surface area contributed by atoms with Crippen LogP contribution in [0.2, 0.25) is 0 Å². The van der Waals surface area contributed by atoms with Crippen molar-refractivity contribution in [2.45, 2.75) is 39.7 Å². The molecule has 6 nitrogen and oxygen atoms in total. The molecule has 158 valence electrons. The molecular formula is C22H30N2O4S. The third-order valence-corrected chi connectivity index (χ3v) is 5.40. The maximum atomic E-state index is 13.0. The van der Waals surface area contributed by atoms with E-state index in [0.717, 1.165) is 5.56 Å². The van der Waals surface area contributed by atoms with Gasteiger partial charge < -0.3 is 16.2 Å². The van der Waals surface area contributed by atoms with Gasteiger partial charge in [-0.3, -0.25) is 14.4 Å². The Bertz CT molecular complexity index is 740. The Morgan fingerprint density at radius 3 is 2.34 bits per heavy atom. The first-order valence-corrected chi connectivity index (χ1v) is 10.8. The molecule has 0 heterocycles. The summed E-state index contributed by atoms with van der Waals surface area (Å²) in [5.41, 5.74) is 6.36. The monoisotopic (exact) mass is 418 g/mol. The summed E-state index contributed by atoms with van der Waals surface area (Å²) in [6, 6.07) is 8.34. The summed E-state index contributed by atoms with van der Waals surface area (Å²) in [6.07, 6.45) is 0.661. The van der Waals surface area contributed by atoms with Crippen molar-refractivity contribution < 1.29 is 19.5 Å². The van der Waals surface area contributed by atoms with E-state index in [1.807, 2.05) is 44.2 Å². The number of rotatable bonds is 12. The average molecular weight is 419 g/mol. The lowest BCUT2D eigenvalue weighted by Gasteiger charge is -2.26. The molecule has 0 spiro atoms. The first-order valence-electron chi connectivity index (χ1n) is 9.60. The van der Waals surface area contributed by atoms with Crippen LogP contribution in [0.5, 0.6) is 0 Å². The number of carboxylic acid groups (broad SMARTS) is 1. The van der Waals surface area contributed by atoms with E-state index in [9.17, 15) is 19.5 Å². The van der Waals surface area contributed by atoms with E-state index in [0.29, 0.717) is 12.2 Å². The zero-order chi connectivity index (χ0) is 21.8. The number of hydrogen-bond donors (Lipinski definition) is 3. The van der Waals surface area contributed by atoms with Crippen LogP contribution >= 0.6 is 11.8 Å². The van der Waals surface area contributed by atoms with Crippen LogP contribution in [-0.4, -0.2) is 40.4 Å². The number of hydrogen-bond acceptors (Lipinski definition) is 4. The van der Waals surface area contributed by atoms with Crippen molar-refractivity contribution in [3.8, 4) is 11.8 Å².